The molecule has 0 spiro atoms. The monoisotopic (exact) mass is 588 g/mol. The molecule has 3 aromatic carbocycles. The lowest BCUT2D eigenvalue weighted by Crippen LogP contribution is -2.39. The average molecular weight is 589 g/mol. The zero-order valence-corrected chi connectivity index (χ0v) is 25.7. The zero-order valence-electron chi connectivity index (χ0n) is 24.9. The van der Waals surface area contributed by atoms with Crippen LogP contribution in [0.25, 0.3) is 5.69 Å². The van der Waals surface area contributed by atoms with Gasteiger partial charge in [-0.2, -0.15) is 5.10 Å². The topological polar surface area (TPSA) is 102 Å². The van der Waals surface area contributed by atoms with Gasteiger partial charge in [-0.25, -0.2) is 13.8 Å². The Balaban J connectivity index is 1.62. The highest BCUT2D eigenvalue weighted by molar-refractivity contribution is 7.92. The maximum Gasteiger partial charge on any atom is 0.264 e. The summed E-state index contributed by atoms with van der Waals surface area (Å²) in [5, 5.41) is 4.16. The second kappa shape index (κ2) is 12.5. The van der Waals surface area contributed by atoms with Crippen molar-refractivity contribution in [2.45, 2.75) is 39.5 Å². The maximum absolute atomic E-state index is 13.8. The van der Waals surface area contributed by atoms with Crippen LogP contribution in [-0.4, -0.2) is 45.9 Å². The van der Waals surface area contributed by atoms with E-state index in [-0.39, 0.29) is 16.3 Å². The number of amides is 1. The molecule has 1 amide bonds. The maximum atomic E-state index is 13.8. The van der Waals surface area contributed by atoms with Crippen molar-refractivity contribution in [2.24, 2.45) is 5.10 Å². The summed E-state index contributed by atoms with van der Waals surface area (Å²) in [5.41, 5.74) is 9.74. The van der Waals surface area contributed by atoms with Crippen molar-refractivity contribution >= 4 is 27.8 Å². The zero-order chi connectivity index (χ0) is 30.6. The third kappa shape index (κ3) is 6.49. The molecule has 1 N–H and O–H groups in total. The van der Waals surface area contributed by atoms with Crippen molar-refractivity contribution in [2.75, 3.05) is 25.1 Å². The minimum atomic E-state index is -4.17. The number of rotatable bonds is 10. The van der Waals surface area contributed by atoms with Crippen LogP contribution >= 0.6 is 0 Å². The number of hydrazone groups is 1. The van der Waals surface area contributed by atoms with E-state index in [1.807, 2.05) is 26.8 Å². The lowest BCUT2D eigenvalue weighted by molar-refractivity contribution is -0.119. The van der Waals surface area contributed by atoms with Crippen molar-refractivity contribution in [1.82, 2.24) is 9.99 Å². The summed E-state index contributed by atoms with van der Waals surface area (Å²) in [7, 11) is -1.26. The molecule has 0 saturated carbocycles. The molecule has 1 heterocycles. The van der Waals surface area contributed by atoms with E-state index in [1.165, 1.54) is 32.4 Å². The first-order chi connectivity index (χ1) is 19.9. The molecule has 10 heteroatoms. The highest BCUT2D eigenvalue weighted by Crippen LogP contribution is 2.35. The van der Waals surface area contributed by atoms with Gasteiger partial charge in [-0.05, 0) is 88.2 Å². The van der Waals surface area contributed by atoms with Gasteiger partial charge in [-0.15, -0.1) is 0 Å². The van der Waals surface area contributed by atoms with E-state index in [9.17, 15) is 13.2 Å². The molecule has 0 saturated heterocycles. The number of anilines is 1. The summed E-state index contributed by atoms with van der Waals surface area (Å²) in [4.78, 5) is 13.2. The van der Waals surface area contributed by atoms with Crippen molar-refractivity contribution in [3.05, 3.63) is 100 Å². The third-order valence-electron chi connectivity index (χ3n) is 6.88. The number of carbonyl (C=O) groups excluding carboxylic acids is 1. The van der Waals surface area contributed by atoms with E-state index >= 15 is 0 Å². The van der Waals surface area contributed by atoms with Crippen LogP contribution in [0.15, 0.2) is 76.7 Å². The number of hydrogen-bond acceptors (Lipinski definition) is 6. The summed E-state index contributed by atoms with van der Waals surface area (Å²) >= 11 is 0. The van der Waals surface area contributed by atoms with Gasteiger partial charge in [0.1, 0.15) is 18.0 Å². The molecule has 4 rings (SSSR count). The van der Waals surface area contributed by atoms with Gasteiger partial charge in [0.15, 0.2) is 0 Å². The molecular formula is C32H36N4O5S. The van der Waals surface area contributed by atoms with E-state index in [0.29, 0.717) is 5.75 Å². The summed E-state index contributed by atoms with van der Waals surface area (Å²) < 4.78 is 41.5. The summed E-state index contributed by atoms with van der Waals surface area (Å²) in [5.74, 6) is 0.0454. The fourth-order valence-corrected chi connectivity index (χ4v) is 6.29. The van der Waals surface area contributed by atoms with Crippen molar-refractivity contribution < 1.29 is 22.7 Å². The van der Waals surface area contributed by atoms with Crippen LogP contribution in [0.1, 0.15) is 33.6 Å². The molecule has 0 aliphatic heterocycles. The van der Waals surface area contributed by atoms with E-state index in [4.69, 9.17) is 9.47 Å². The normalized spacial score (nSPS) is 11.5. The smallest absolute Gasteiger partial charge is 0.264 e. The number of nitrogens with one attached hydrogen (secondary N) is 1. The van der Waals surface area contributed by atoms with Crippen molar-refractivity contribution in [3.8, 4) is 17.2 Å². The number of carbonyl (C=O) groups is 1. The molecule has 0 aliphatic rings. The van der Waals surface area contributed by atoms with Gasteiger partial charge in [-0.1, -0.05) is 23.8 Å². The van der Waals surface area contributed by atoms with Crippen LogP contribution < -0.4 is 19.2 Å². The number of sulfonamides is 1. The lowest BCUT2D eigenvalue weighted by atomic mass is 10.1. The molecule has 4 aromatic rings. The molecule has 0 radical (unpaired) electrons. The highest BCUT2D eigenvalue weighted by atomic mass is 32.2. The second-order valence-corrected chi connectivity index (χ2v) is 12.0. The Morgan fingerprint density at radius 3 is 2.17 bits per heavy atom. The lowest BCUT2D eigenvalue weighted by Gasteiger charge is -2.25. The van der Waals surface area contributed by atoms with Gasteiger partial charge >= 0.3 is 0 Å². The number of aromatic nitrogens is 1. The van der Waals surface area contributed by atoms with Crippen LogP contribution in [0, 0.1) is 34.6 Å². The van der Waals surface area contributed by atoms with Gasteiger partial charge in [0.05, 0.1) is 31.0 Å². The standard InChI is InChI=1S/C32H36N4O5S/c1-21-8-11-29(12-9-21)42(38,39)35(30-18-28(40-6)10-13-31(30)41-7)20-32(37)34-33-19-26-17-24(4)36(25(26)5)27-15-22(2)14-23(3)16-27/h8-19H,20H2,1-7H3,(H,34,37)/b33-19-. The molecule has 0 aliphatic carbocycles. The molecule has 0 unspecified atom stereocenters. The van der Waals surface area contributed by atoms with E-state index < -0.39 is 22.5 Å². The molecule has 0 atom stereocenters. The molecule has 0 bridgehead atoms. The number of hydrogen-bond donors (Lipinski definition) is 1. The van der Waals surface area contributed by atoms with Crippen molar-refractivity contribution in [1.29, 1.82) is 0 Å². The van der Waals surface area contributed by atoms with Crippen LogP contribution in [0.5, 0.6) is 11.5 Å². The van der Waals surface area contributed by atoms with E-state index in [2.05, 4.69) is 47.1 Å². The summed E-state index contributed by atoms with van der Waals surface area (Å²) in [6.45, 7) is 9.44. The second-order valence-electron chi connectivity index (χ2n) is 10.2. The Hall–Kier alpha value is -4.57. The van der Waals surface area contributed by atoms with Gasteiger partial charge in [0.2, 0.25) is 0 Å². The Morgan fingerprint density at radius 2 is 1.55 bits per heavy atom. The molecule has 9 nitrogen and oxygen atoms in total. The number of nitrogens with zero attached hydrogens (tertiary/aromatic N) is 3. The van der Waals surface area contributed by atoms with E-state index in [1.54, 1.807) is 30.5 Å². The minimum absolute atomic E-state index is 0.0353. The largest absolute Gasteiger partial charge is 0.497 e. The molecule has 220 valence electrons. The Labute approximate surface area is 247 Å². The fourth-order valence-electron chi connectivity index (χ4n) is 4.86. The van der Waals surface area contributed by atoms with E-state index in [0.717, 1.165) is 43.6 Å². The minimum Gasteiger partial charge on any atom is -0.497 e. The van der Waals surface area contributed by atoms with Gasteiger partial charge < -0.3 is 14.0 Å². The SMILES string of the molecule is COc1ccc(OC)c(N(CC(=O)N/N=C\c2cc(C)n(-c3cc(C)cc(C)c3)c2C)S(=O)(=O)c2ccc(C)cc2)c1. The Kier molecular flexibility index (Phi) is 9.06. The Bertz CT molecular complexity index is 1720. The predicted octanol–water partition coefficient (Wildman–Crippen LogP) is 5.38. The van der Waals surface area contributed by atoms with Crippen LogP contribution in [0.2, 0.25) is 0 Å². The van der Waals surface area contributed by atoms with Gasteiger partial charge in [0.25, 0.3) is 15.9 Å². The number of ether oxygens (including phenoxy) is 2. The first kappa shape index (κ1) is 30.4. The van der Waals surface area contributed by atoms with Crippen LogP contribution in [-0.2, 0) is 14.8 Å². The van der Waals surface area contributed by atoms with Gasteiger partial charge in [0, 0.05) is 28.7 Å². The number of benzene rings is 3. The summed E-state index contributed by atoms with van der Waals surface area (Å²) in [6.07, 6.45) is 1.56. The molecule has 1 aromatic heterocycles. The highest BCUT2D eigenvalue weighted by Gasteiger charge is 2.30. The molecule has 42 heavy (non-hydrogen) atoms. The Morgan fingerprint density at radius 1 is 0.881 bits per heavy atom. The molecule has 0 fully saturated rings. The van der Waals surface area contributed by atoms with Crippen LogP contribution in [0.3, 0.4) is 0 Å². The quantitative estimate of drug-likeness (QED) is 0.198. The van der Waals surface area contributed by atoms with Crippen molar-refractivity contribution in [3.63, 3.8) is 0 Å². The third-order valence-corrected chi connectivity index (χ3v) is 8.65. The predicted molar refractivity (Wildman–Crippen MR) is 166 cm³/mol. The van der Waals surface area contributed by atoms with Gasteiger partial charge in [-0.3, -0.25) is 9.10 Å². The first-order valence-corrected chi connectivity index (χ1v) is 14.8. The summed E-state index contributed by atoms with van der Waals surface area (Å²) in [6, 6.07) is 19.5. The average Bonchev–Trinajstić information content (AvgIpc) is 3.23. The number of aryl methyl sites for hydroxylation is 4. The fraction of sp³-hybridized carbons (Fsp3) is 0.250. The molecular weight excluding hydrogens is 552 g/mol. The number of methoxy groups -OCH3 is 2. The first-order valence-electron chi connectivity index (χ1n) is 13.4. The van der Waals surface area contributed by atoms with Crippen LogP contribution in [0.4, 0.5) is 5.69 Å².